The third-order valence-electron chi connectivity index (χ3n) is 5.68. The van der Waals surface area contributed by atoms with E-state index in [2.05, 4.69) is 10.6 Å². The van der Waals surface area contributed by atoms with Crippen LogP contribution in [-0.4, -0.2) is 92.0 Å². The van der Waals surface area contributed by atoms with Crippen molar-refractivity contribution in [2.45, 2.75) is 74.4 Å². The monoisotopic (exact) mass is 598 g/mol. The molecule has 1 aliphatic heterocycles. The molecule has 1 saturated heterocycles. The lowest BCUT2D eigenvalue weighted by Crippen LogP contribution is -2.68. The summed E-state index contributed by atoms with van der Waals surface area (Å²) in [4.78, 5) is 72.7. The Labute approximate surface area is 241 Å². The summed E-state index contributed by atoms with van der Waals surface area (Å²) < 4.78 is 33.0. The number of nitrogens with one attached hydrogen (secondary N) is 2. The molecule has 0 unspecified atom stereocenters. The second-order valence-corrected chi connectivity index (χ2v) is 10.2. The van der Waals surface area contributed by atoms with Gasteiger partial charge in [0.25, 0.3) is 0 Å². The van der Waals surface area contributed by atoms with Crippen LogP contribution in [0, 0.1) is 0 Å². The molecule has 41 heavy (non-hydrogen) atoms. The zero-order chi connectivity index (χ0) is 30.7. The minimum absolute atomic E-state index is 0.307. The molecular formula is C26H34N2O12S. The van der Waals surface area contributed by atoms with Gasteiger partial charge in [-0.05, 0) is 12.1 Å². The van der Waals surface area contributed by atoms with Crippen LogP contribution < -0.4 is 10.6 Å². The predicted octanol–water partition coefficient (Wildman–Crippen LogP) is 1.09. The molecule has 15 heteroatoms. The average molecular weight is 599 g/mol. The van der Waals surface area contributed by atoms with Crippen molar-refractivity contribution in [1.82, 2.24) is 10.6 Å². The zero-order valence-corrected chi connectivity index (χ0v) is 24.3. The lowest BCUT2D eigenvalue weighted by atomic mass is 9.89. The average Bonchev–Trinajstić information content (AvgIpc) is 2.90. The molecule has 0 spiro atoms. The van der Waals surface area contributed by atoms with Crippen LogP contribution in [0.4, 0.5) is 4.79 Å². The molecule has 2 amide bonds. The van der Waals surface area contributed by atoms with E-state index in [1.54, 1.807) is 30.3 Å². The highest BCUT2D eigenvalue weighted by atomic mass is 32.2. The number of carbonyl (C=O) groups is 6. The Morgan fingerprint density at radius 2 is 1.61 bits per heavy atom. The van der Waals surface area contributed by atoms with E-state index in [0.717, 1.165) is 46.6 Å². The summed E-state index contributed by atoms with van der Waals surface area (Å²) in [5, 5.41) is 4.98. The normalized spacial score (nSPS) is 23.1. The highest BCUT2D eigenvalue weighted by molar-refractivity contribution is 8.01. The first-order chi connectivity index (χ1) is 19.3. The molecule has 1 fully saturated rings. The Morgan fingerprint density at radius 1 is 0.976 bits per heavy atom. The molecule has 6 atom stereocenters. The SMILES string of the molecule is CNC(=O)N[C@H]1[C@H]([C@H](OC(C)=O)[C@@H](COC(C)=O)OC(C)=O)O[C@@](Sc2ccccc2)(C(=O)OC)C[C@@H]1OC(C)=O. The first kappa shape index (κ1) is 33.4. The quantitative estimate of drug-likeness (QED) is 0.273. The minimum atomic E-state index is -1.91. The van der Waals surface area contributed by atoms with E-state index < -0.39 is 77.9 Å². The number of hydrogen-bond donors (Lipinski definition) is 2. The van der Waals surface area contributed by atoms with Crippen LogP contribution in [0.25, 0.3) is 0 Å². The number of urea groups is 1. The van der Waals surface area contributed by atoms with E-state index in [1.165, 1.54) is 7.05 Å². The van der Waals surface area contributed by atoms with Gasteiger partial charge in [0.15, 0.2) is 12.2 Å². The fraction of sp³-hybridized carbons (Fsp3) is 0.538. The number of methoxy groups -OCH3 is 1. The van der Waals surface area contributed by atoms with Crippen LogP contribution in [0.15, 0.2) is 35.2 Å². The summed E-state index contributed by atoms with van der Waals surface area (Å²) in [6.07, 6.45) is -6.13. The molecule has 2 rings (SSSR count). The van der Waals surface area contributed by atoms with Crippen molar-refractivity contribution < 1.29 is 57.2 Å². The van der Waals surface area contributed by atoms with E-state index in [4.69, 9.17) is 28.4 Å². The molecule has 14 nitrogen and oxygen atoms in total. The van der Waals surface area contributed by atoms with E-state index in [9.17, 15) is 28.8 Å². The number of amides is 2. The van der Waals surface area contributed by atoms with Crippen molar-refractivity contribution in [1.29, 1.82) is 0 Å². The summed E-state index contributed by atoms with van der Waals surface area (Å²) >= 11 is 0.936. The third-order valence-corrected chi connectivity index (χ3v) is 6.94. The summed E-state index contributed by atoms with van der Waals surface area (Å²) in [6.45, 7) is 3.84. The van der Waals surface area contributed by atoms with Gasteiger partial charge in [-0.25, -0.2) is 9.59 Å². The maximum atomic E-state index is 13.4. The fourth-order valence-corrected chi connectivity index (χ4v) is 5.42. The standard InChI is InChI=1S/C26H34N2O12S/c1-14(29)36-13-20(38-16(3)31)22(39-17(4)32)23-21(28-25(34)27-5)19(37-15(2)30)12-26(40-23,24(33)35-6)41-18-10-8-7-9-11-18/h7-11,19-23H,12-13H2,1-6H3,(H2,27,28,34)/t19-,20+,21+,22+,23+,26-/m0/s1. The van der Waals surface area contributed by atoms with Gasteiger partial charge in [0.2, 0.25) is 4.93 Å². The van der Waals surface area contributed by atoms with Gasteiger partial charge in [-0.1, -0.05) is 30.0 Å². The molecule has 0 aromatic heterocycles. The Morgan fingerprint density at radius 3 is 2.12 bits per heavy atom. The van der Waals surface area contributed by atoms with Gasteiger partial charge in [-0.2, -0.15) is 0 Å². The summed E-state index contributed by atoms with van der Waals surface area (Å²) in [7, 11) is 2.47. The molecule has 0 saturated carbocycles. The molecule has 0 aliphatic carbocycles. The van der Waals surface area contributed by atoms with Crippen molar-refractivity contribution in [2.75, 3.05) is 20.8 Å². The van der Waals surface area contributed by atoms with E-state index in [1.807, 2.05) is 0 Å². The Balaban J connectivity index is 2.78. The molecular weight excluding hydrogens is 564 g/mol. The van der Waals surface area contributed by atoms with Crippen molar-refractivity contribution in [3.63, 3.8) is 0 Å². The molecule has 0 radical (unpaired) electrons. The topological polar surface area (TPSA) is 182 Å². The number of ether oxygens (including phenoxy) is 6. The van der Waals surface area contributed by atoms with Crippen molar-refractivity contribution in [2.24, 2.45) is 0 Å². The zero-order valence-electron chi connectivity index (χ0n) is 23.5. The van der Waals surface area contributed by atoms with Crippen LogP contribution in [0.1, 0.15) is 34.1 Å². The highest BCUT2D eigenvalue weighted by Crippen LogP contribution is 2.45. The second-order valence-electron chi connectivity index (χ2n) is 8.87. The van der Waals surface area contributed by atoms with Crippen LogP contribution in [-0.2, 0) is 52.4 Å². The molecule has 226 valence electrons. The van der Waals surface area contributed by atoms with Gasteiger partial charge in [0.1, 0.15) is 18.8 Å². The van der Waals surface area contributed by atoms with E-state index in [-0.39, 0.29) is 6.42 Å². The first-order valence-electron chi connectivity index (χ1n) is 12.5. The summed E-state index contributed by atoms with van der Waals surface area (Å²) in [5.41, 5.74) is 0. The summed E-state index contributed by atoms with van der Waals surface area (Å²) in [5.74, 6) is -4.03. The van der Waals surface area contributed by atoms with E-state index >= 15 is 0 Å². The Hall–Kier alpha value is -3.85. The number of benzene rings is 1. The fourth-order valence-electron chi connectivity index (χ4n) is 4.17. The summed E-state index contributed by atoms with van der Waals surface area (Å²) in [6, 6.07) is 6.63. The predicted molar refractivity (Wildman–Crippen MR) is 141 cm³/mol. The molecule has 0 bridgehead atoms. The molecule has 1 aliphatic rings. The van der Waals surface area contributed by atoms with Crippen LogP contribution in [0.3, 0.4) is 0 Å². The Kier molecular flexibility index (Phi) is 12.4. The number of carbonyl (C=O) groups excluding carboxylic acids is 6. The van der Waals surface area contributed by atoms with Crippen LogP contribution in [0.5, 0.6) is 0 Å². The largest absolute Gasteiger partial charge is 0.466 e. The molecule has 1 aromatic rings. The maximum absolute atomic E-state index is 13.4. The minimum Gasteiger partial charge on any atom is -0.466 e. The second kappa shape index (κ2) is 15.2. The van der Waals surface area contributed by atoms with E-state index in [0.29, 0.717) is 4.90 Å². The first-order valence-corrected chi connectivity index (χ1v) is 13.3. The van der Waals surface area contributed by atoms with Crippen molar-refractivity contribution >= 4 is 47.6 Å². The van der Waals surface area contributed by atoms with Crippen molar-refractivity contribution in [3.05, 3.63) is 30.3 Å². The van der Waals surface area contributed by atoms with Crippen LogP contribution in [0.2, 0.25) is 0 Å². The van der Waals surface area contributed by atoms with Gasteiger partial charge < -0.3 is 39.1 Å². The number of thioether (sulfide) groups is 1. The van der Waals surface area contributed by atoms with Gasteiger partial charge in [0, 0.05) is 46.1 Å². The van der Waals surface area contributed by atoms with Gasteiger partial charge >= 0.3 is 35.9 Å². The maximum Gasteiger partial charge on any atom is 0.349 e. The number of esters is 5. The lowest BCUT2D eigenvalue weighted by Gasteiger charge is -2.48. The highest BCUT2D eigenvalue weighted by Gasteiger charge is 2.59. The molecule has 1 heterocycles. The van der Waals surface area contributed by atoms with Gasteiger partial charge in [0.05, 0.1) is 13.2 Å². The molecule has 2 N–H and O–H groups in total. The third kappa shape index (κ3) is 9.63. The van der Waals surface area contributed by atoms with Gasteiger partial charge in [-0.3, -0.25) is 19.2 Å². The van der Waals surface area contributed by atoms with Crippen LogP contribution >= 0.6 is 11.8 Å². The van der Waals surface area contributed by atoms with Crippen molar-refractivity contribution in [3.8, 4) is 0 Å². The molecule has 1 aromatic carbocycles. The number of hydrogen-bond acceptors (Lipinski definition) is 13. The van der Waals surface area contributed by atoms with Gasteiger partial charge in [-0.15, -0.1) is 0 Å². The lowest BCUT2D eigenvalue weighted by molar-refractivity contribution is -0.223. The Bertz CT molecular complexity index is 1120. The smallest absolute Gasteiger partial charge is 0.349 e. The number of rotatable bonds is 11.